The van der Waals surface area contributed by atoms with Crippen LogP contribution in [0.2, 0.25) is 0 Å². The van der Waals surface area contributed by atoms with Gasteiger partial charge in [0, 0.05) is 51.8 Å². The molecule has 6 rings (SSSR count). The molecule has 8 bridgehead atoms. The highest BCUT2D eigenvalue weighted by Crippen LogP contribution is 2.52. The summed E-state index contributed by atoms with van der Waals surface area (Å²) in [5, 5.41) is 18.5. The van der Waals surface area contributed by atoms with Gasteiger partial charge in [-0.2, -0.15) is 4.89 Å². The Labute approximate surface area is 337 Å². The first-order valence-electron chi connectivity index (χ1n) is 19.1. The summed E-state index contributed by atoms with van der Waals surface area (Å²) >= 11 is 0. The summed E-state index contributed by atoms with van der Waals surface area (Å²) in [7, 11) is 2.96. The highest BCUT2D eigenvalue weighted by molar-refractivity contribution is 5.94. The summed E-state index contributed by atoms with van der Waals surface area (Å²) in [6, 6.07) is 8.10. The van der Waals surface area contributed by atoms with Crippen molar-refractivity contribution in [1.29, 1.82) is 0 Å². The number of aliphatic hydroxyl groups is 2. The molecule has 0 fully saturated rings. The van der Waals surface area contributed by atoms with Gasteiger partial charge in [-0.1, -0.05) is 31.4 Å². The summed E-state index contributed by atoms with van der Waals surface area (Å²) in [5.74, 6) is -0.354. The Morgan fingerprint density at radius 1 is 0.879 bits per heavy atom. The van der Waals surface area contributed by atoms with Crippen LogP contribution in [0.3, 0.4) is 0 Å². The third-order valence-corrected chi connectivity index (χ3v) is 11.1. The normalized spacial score (nSPS) is 17.5. The second-order valence-corrected chi connectivity index (χ2v) is 14.4. The van der Waals surface area contributed by atoms with Gasteiger partial charge in [0.1, 0.15) is 25.6 Å². The molecule has 3 aliphatic rings. The number of allylic oxidation sites excluding steroid dienone is 5. The molecule has 0 radical (unpaired) electrons. The Bertz CT molecular complexity index is 2330. The Kier molecular flexibility index (Phi) is 13.6. The predicted molar refractivity (Wildman–Crippen MR) is 220 cm³/mol. The number of hydrogen-bond acceptors (Lipinski definition) is 12. The number of fused-ring (bicyclic) bond motifs is 11. The van der Waals surface area contributed by atoms with Crippen LogP contribution in [0, 0.1) is 19.8 Å². The Hall–Kier alpha value is -5.19. The third kappa shape index (κ3) is 8.50. The number of hydrogen-bond donors (Lipinski definition) is 4. The fourth-order valence-electron chi connectivity index (χ4n) is 7.94. The van der Waals surface area contributed by atoms with Crippen molar-refractivity contribution in [3.8, 4) is 0 Å². The lowest BCUT2D eigenvalue weighted by Gasteiger charge is -2.38. The summed E-state index contributed by atoms with van der Waals surface area (Å²) in [6.45, 7) is 16.3. The van der Waals surface area contributed by atoms with Gasteiger partial charge >= 0.3 is 5.97 Å². The lowest BCUT2D eigenvalue weighted by molar-refractivity contribution is -0.284. The first-order chi connectivity index (χ1) is 28.0. The van der Waals surface area contributed by atoms with Crippen molar-refractivity contribution in [2.75, 3.05) is 53.9 Å². The number of ether oxygens (including phenoxy) is 1. The van der Waals surface area contributed by atoms with Crippen molar-refractivity contribution in [3.05, 3.63) is 106 Å². The van der Waals surface area contributed by atoms with Crippen LogP contribution in [0.25, 0.3) is 44.9 Å². The third-order valence-electron chi connectivity index (χ3n) is 11.1. The number of esters is 1. The fraction of sp³-hybridized carbons (Fsp3) is 0.386. The van der Waals surface area contributed by atoms with E-state index in [0.29, 0.717) is 23.6 Å². The van der Waals surface area contributed by atoms with Crippen molar-refractivity contribution < 1.29 is 49.1 Å². The van der Waals surface area contributed by atoms with Gasteiger partial charge in [0.25, 0.3) is 0 Å². The van der Waals surface area contributed by atoms with Gasteiger partial charge in [0.2, 0.25) is 0 Å². The van der Waals surface area contributed by atoms with E-state index in [1.165, 1.54) is 14.2 Å². The Morgan fingerprint density at radius 3 is 2.33 bits per heavy atom. The molecule has 14 nitrogen and oxygen atoms in total. The Balaban J connectivity index is 1.67. The standard InChI is InChI=1S/C44H52N4O10/c1-9-30-26(3)36-20-41-33-12-10-29(23-56-52-7)34(24-57-53-8)44(33,6)42(48-41)22-37-28(5)32(18-25(2)58-55-17-15-50)40(47-37)21-39-31(11-13-43(51)54-16-14-49)27(4)35(46-39)19-38(30)45-36/h9-10,12,19-22,34,45-46,49-50H,1-2,11,13-18,23-24H2,3-8H3. The van der Waals surface area contributed by atoms with Crippen LogP contribution >= 0.6 is 0 Å². The zero-order chi connectivity index (χ0) is 41.6. The average Bonchev–Trinajstić information content (AvgIpc) is 3.86. The number of aryl methyl sites for hydroxylation is 3. The minimum atomic E-state index is -0.723. The molecule has 2 aliphatic heterocycles. The van der Waals surface area contributed by atoms with E-state index in [-0.39, 0.29) is 58.4 Å². The van der Waals surface area contributed by atoms with Crippen LogP contribution in [-0.4, -0.2) is 90.0 Å². The van der Waals surface area contributed by atoms with Gasteiger partial charge in [0.05, 0.1) is 56.8 Å². The van der Waals surface area contributed by atoms with Crippen LogP contribution in [0.5, 0.6) is 0 Å². The van der Waals surface area contributed by atoms with E-state index < -0.39 is 11.4 Å². The summed E-state index contributed by atoms with van der Waals surface area (Å²) in [6.07, 6.45) is 6.68. The van der Waals surface area contributed by atoms with Crippen LogP contribution in [0.4, 0.5) is 0 Å². The lowest BCUT2D eigenvalue weighted by Crippen LogP contribution is -2.38. The first-order valence-corrected chi connectivity index (χ1v) is 19.1. The van der Waals surface area contributed by atoms with E-state index in [4.69, 9.17) is 44.0 Å². The van der Waals surface area contributed by atoms with Crippen LogP contribution < -0.4 is 0 Å². The topological polar surface area (TPSA) is 179 Å². The van der Waals surface area contributed by atoms with Gasteiger partial charge in [-0.25, -0.2) is 24.5 Å². The second-order valence-electron chi connectivity index (χ2n) is 14.4. The van der Waals surface area contributed by atoms with Gasteiger partial charge < -0.3 is 29.8 Å². The maximum Gasteiger partial charge on any atom is 0.306 e. The van der Waals surface area contributed by atoms with Crippen molar-refractivity contribution in [1.82, 2.24) is 19.9 Å². The molecule has 0 amide bonds. The molecule has 3 aromatic rings. The molecule has 14 heteroatoms. The SMILES string of the molecule is C=Cc1c(C)c2cc3nc(cc4nc(cc5[nH]c(cc1[nH]2)c(C)c5CCC(=O)OCCO)C(CC(=C)OOCCO)=C4C)C1(C)C3=CC=C(COOC)C1COOC. The number of aromatic amines is 2. The van der Waals surface area contributed by atoms with Gasteiger partial charge in [-0.05, 0) is 97.4 Å². The second kappa shape index (κ2) is 18.6. The molecule has 58 heavy (non-hydrogen) atoms. The quantitative estimate of drug-likeness (QED) is 0.0346. The highest BCUT2D eigenvalue weighted by atomic mass is 17.2. The minimum absolute atomic E-state index is 0.0143. The van der Waals surface area contributed by atoms with Crippen molar-refractivity contribution in [3.63, 3.8) is 0 Å². The average molecular weight is 797 g/mol. The van der Waals surface area contributed by atoms with Crippen LogP contribution in [0.1, 0.15) is 71.7 Å². The number of carbonyl (C=O) groups excluding carboxylic acids is 1. The van der Waals surface area contributed by atoms with Gasteiger partial charge in [-0.3, -0.25) is 9.78 Å². The predicted octanol–water partition coefficient (Wildman–Crippen LogP) is 6.87. The molecule has 1 aliphatic carbocycles. The summed E-state index contributed by atoms with van der Waals surface area (Å²) in [4.78, 5) is 62.3. The molecule has 4 N–H and O–H groups in total. The monoisotopic (exact) mass is 796 g/mol. The summed E-state index contributed by atoms with van der Waals surface area (Å²) in [5.41, 5.74) is 12.9. The van der Waals surface area contributed by atoms with Gasteiger partial charge in [0.15, 0.2) is 0 Å². The molecule has 5 heterocycles. The smallest absolute Gasteiger partial charge is 0.306 e. The molecule has 308 valence electrons. The van der Waals surface area contributed by atoms with Crippen LogP contribution in [0.15, 0.2) is 60.9 Å². The van der Waals surface area contributed by atoms with E-state index in [1.54, 1.807) is 0 Å². The molecule has 0 spiro atoms. The van der Waals surface area contributed by atoms with E-state index in [9.17, 15) is 15.0 Å². The van der Waals surface area contributed by atoms with Crippen molar-refractivity contribution >= 4 is 50.8 Å². The summed E-state index contributed by atoms with van der Waals surface area (Å²) < 4.78 is 5.20. The number of aliphatic hydroxyl groups excluding tert-OH is 2. The van der Waals surface area contributed by atoms with Gasteiger partial charge in [-0.15, -0.1) is 0 Å². The largest absolute Gasteiger partial charge is 0.463 e. The minimum Gasteiger partial charge on any atom is -0.463 e. The molecule has 2 atom stereocenters. The van der Waals surface area contributed by atoms with Crippen molar-refractivity contribution in [2.45, 2.75) is 52.4 Å². The van der Waals surface area contributed by atoms with E-state index in [1.807, 2.05) is 44.2 Å². The van der Waals surface area contributed by atoms with Crippen molar-refractivity contribution in [2.24, 2.45) is 5.92 Å². The Morgan fingerprint density at radius 2 is 1.60 bits per heavy atom. The molecular weight excluding hydrogens is 745 g/mol. The maximum absolute atomic E-state index is 12.7. The fourth-order valence-corrected chi connectivity index (χ4v) is 7.94. The zero-order valence-electron chi connectivity index (χ0n) is 34.0. The van der Waals surface area contributed by atoms with E-state index in [0.717, 1.165) is 78.0 Å². The number of rotatable bonds is 18. The molecule has 0 saturated carbocycles. The number of H-pyrrole nitrogens is 2. The molecule has 0 saturated heterocycles. The zero-order valence-corrected chi connectivity index (χ0v) is 34.0. The number of aromatic nitrogens is 4. The number of nitrogens with zero attached hydrogens (tertiary/aromatic N) is 2. The first kappa shape index (κ1) is 42.4. The van der Waals surface area contributed by atoms with Crippen LogP contribution in [-0.2, 0) is 50.7 Å². The highest BCUT2D eigenvalue weighted by Gasteiger charge is 2.48. The number of carbonyl (C=O) groups is 1. The maximum atomic E-state index is 12.7. The molecule has 0 aromatic carbocycles. The van der Waals surface area contributed by atoms with E-state index in [2.05, 4.69) is 49.1 Å². The molecule has 2 unspecified atom stereocenters. The molecule has 3 aromatic heterocycles. The molecular formula is C44H52N4O10. The number of nitrogens with one attached hydrogen (secondary N) is 2. The lowest BCUT2D eigenvalue weighted by atomic mass is 9.64. The van der Waals surface area contributed by atoms with E-state index >= 15 is 0 Å².